The molecule has 0 radical (unpaired) electrons. The second-order valence-corrected chi connectivity index (χ2v) is 7.15. The van der Waals surface area contributed by atoms with Gasteiger partial charge in [-0.05, 0) is 71.1 Å². The maximum Gasteiger partial charge on any atom is 0.492 e. The summed E-state index contributed by atoms with van der Waals surface area (Å²) in [5.74, 6) is -0.263. The van der Waals surface area contributed by atoms with E-state index in [9.17, 15) is 9.82 Å². The van der Waals surface area contributed by atoms with Crippen LogP contribution in [-0.2, 0) is 10.3 Å². The van der Waals surface area contributed by atoms with Gasteiger partial charge in [-0.15, -0.1) is 0 Å². The summed E-state index contributed by atoms with van der Waals surface area (Å²) in [7, 11) is -0.987. The number of nitrogens with one attached hydrogen (secondary N) is 1. The summed E-state index contributed by atoms with van der Waals surface area (Å²) in [4.78, 5) is 12.4. The van der Waals surface area contributed by atoms with Crippen molar-refractivity contribution in [3.8, 4) is 0 Å². The molecule has 2 N–H and O–H groups in total. The summed E-state index contributed by atoms with van der Waals surface area (Å²) in [5, 5.41) is 13.4. The fourth-order valence-corrected chi connectivity index (χ4v) is 3.53. The quantitative estimate of drug-likeness (QED) is 0.769. The first kappa shape index (κ1) is 16.5. The monoisotopic (exact) mass is 393 g/mol. The second-order valence-electron chi connectivity index (χ2n) is 5.86. The number of fused-ring (bicyclic) bond motifs is 1. The van der Waals surface area contributed by atoms with Crippen molar-refractivity contribution in [2.75, 3.05) is 5.32 Å². The molecule has 0 fully saturated rings. The molecule has 0 aromatic heterocycles. The first-order valence-electron chi connectivity index (χ1n) is 7.04. The standard InChI is InChI=1S/C16H14BBrClNO3/c1-16(2)12-6-4-10(8-13(12)17(22)23-16)20-15(21)11-5-3-9(19)7-14(11)18/h3-8,22H,1-2H3,(H,20,21). The van der Waals surface area contributed by atoms with Gasteiger partial charge in [0.15, 0.2) is 0 Å². The topological polar surface area (TPSA) is 58.6 Å². The van der Waals surface area contributed by atoms with Gasteiger partial charge in [0.05, 0.1) is 11.2 Å². The smallest absolute Gasteiger partial charge is 0.423 e. The van der Waals surface area contributed by atoms with E-state index in [2.05, 4.69) is 21.2 Å². The minimum absolute atomic E-state index is 0.263. The summed E-state index contributed by atoms with van der Waals surface area (Å²) in [6, 6.07) is 10.4. The normalized spacial score (nSPS) is 15.4. The third-order valence-corrected chi connectivity index (χ3v) is 4.70. The zero-order chi connectivity index (χ0) is 16.8. The molecule has 23 heavy (non-hydrogen) atoms. The van der Waals surface area contributed by atoms with Crippen LogP contribution in [0.25, 0.3) is 0 Å². The lowest BCUT2D eigenvalue weighted by atomic mass is 9.78. The van der Waals surface area contributed by atoms with Crippen LogP contribution in [0.3, 0.4) is 0 Å². The van der Waals surface area contributed by atoms with Crippen molar-refractivity contribution >= 4 is 51.7 Å². The van der Waals surface area contributed by atoms with E-state index in [1.54, 1.807) is 30.3 Å². The highest BCUT2D eigenvalue weighted by Gasteiger charge is 2.40. The van der Waals surface area contributed by atoms with Crippen LogP contribution >= 0.6 is 27.5 Å². The van der Waals surface area contributed by atoms with E-state index < -0.39 is 12.7 Å². The van der Waals surface area contributed by atoms with Gasteiger partial charge in [-0.1, -0.05) is 17.7 Å². The summed E-state index contributed by atoms with van der Waals surface area (Å²) in [6.45, 7) is 3.79. The Morgan fingerprint density at radius 2 is 2.04 bits per heavy atom. The number of hydrogen-bond donors (Lipinski definition) is 2. The van der Waals surface area contributed by atoms with Crippen LogP contribution in [0.5, 0.6) is 0 Å². The lowest BCUT2D eigenvalue weighted by molar-refractivity contribution is 0.100. The zero-order valence-corrected chi connectivity index (χ0v) is 14.9. The molecule has 1 amide bonds. The predicted octanol–water partition coefficient (Wildman–Crippen LogP) is 3.31. The molecule has 0 bridgehead atoms. The van der Waals surface area contributed by atoms with Gasteiger partial charge in [0.2, 0.25) is 0 Å². The molecule has 0 spiro atoms. The van der Waals surface area contributed by atoms with Gasteiger partial charge in [-0.3, -0.25) is 4.79 Å². The Kier molecular flexibility index (Phi) is 4.27. The Morgan fingerprint density at radius 3 is 2.74 bits per heavy atom. The molecule has 1 aliphatic heterocycles. The average molecular weight is 394 g/mol. The van der Waals surface area contributed by atoms with E-state index in [4.69, 9.17) is 16.3 Å². The van der Waals surface area contributed by atoms with E-state index in [0.717, 1.165) is 5.56 Å². The largest absolute Gasteiger partial charge is 0.492 e. The molecule has 2 aromatic carbocycles. The maximum absolute atomic E-state index is 12.4. The molecule has 0 unspecified atom stereocenters. The molecule has 3 rings (SSSR count). The Balaban J connectivity index is 1.87. The van der Waals surface area contributed by atoms with Gasteiger partial charge < -0.3 is 15.0 Å². The van der Waals surface area contributed by atoms with Crippen molar-refractivity contribution in [1.29, 1.82) is 0 Å². The van der Waals surface area contributed by atoms with Crippen LogP contribution in [0.2, 0.25) is 5.02 Å². The van der Waals surface area contributed by atoms with Crippen molar-refractivity contribution in [2.24, 2.45) is 0 Å². The number of hydrogen-bond acceptors (Lipinski definition) is 3. The van der Waals surface area contributed by atoms with Crippen LogP contribution in [0.4, 0.5) is 5.69 Å². The first-order valence-corrected chi connectivity index (χ1v) is 8.22. The molecule has 4 nitrogen and oxygen atoms in total. The van der Waals surface area contributed by atoms with E-state index in [1.165, 1.54) is 0 Å². The number of halogens is 2. The van der Waals surface area contributed by atoms with Gasteiger partial charge in [0.1, 0.15) is 0 Å². The molecule has 0 saturated heterocycles. The fraction of sp³-hybridized carbons (Fsp3) is 0.188. The fourth-order valence-electron chi connectivity index (χ4n) is 2.67. The number of amides is 1. The third-order valence-electron chi connectivity index (χ3n) is 3.81. The van der Waals surface area contributed by atoms with Crippen molar-refractivity contribution in [2.45, 2.75) is 19.4 Å². The van der Waals surface area contributed by atoms with E-state index in [1.807, 2.05) is 19.9 Å². The molecule has 0 saturated carbocycles. The summed E-state index contributed by atoms with van der Waals surface area (Å²) >= 11 is 9.22. The summed E-state index contributed by atoms with van der Waals surface area (Å²) in [5.41, 5.74) is 2.11. The van der Waals surface area contributed by atoms with Crippen LogP contribution < -0.4 is 10.8 Å². The number of carbonyl (C=O) groups is 1. The molecule has 7 heteroatoms. The van der Waals surface area contributed by atoms with Gasteiger partial charge in [-0.25, -0.2) is 0 Å². The molecular formula is C16H14BBrClNO3. The van der Waals surface area contributed by atoms with E-state index in [0.29, 0.717) is 26.2 Å². The Labute approximate surface area is 148 Å². The molecular weight excluding hydrogens is 380 g/mol. The molecule has 2 aromatic rings. The highest BCUT2D eigenvalue weighted by Crippen LogP contribution is 2.31. The highest BCUT2D eigenvalue weighted by atomic mass is 79.9. The SMILES string of the molecule is CC1(C)OB(O)c2cc(NC(=O)c3ccc(Cl)cc3Br)ccc21. The van der Waals surface area contributed by atoms with Crippen molar-refractivity contribution < 1.29 is 14.5 Å². The summed E-state index contributed by atoms with van der Waals surface area (Å²) < 4.78 is 6.14. The minimum Gasteiger partial charge on any atom is -0.423 e. The minimum atomic E-state index is -0.987. The average Bonchev–Trinajstić information content (AvgIpc) is 2.68. The van der Waals surface area contributed by atoms with Crippen molar-refractivity contribution in [3.05, 3.63) is 57.0 Å². The molecule has 1 aliphatic rings. The van der Waals surface area contributed by atoms with Gasteiger partial charge in [-0.2, -0.15) is 0 Å². The lowest BCUT2D eigenvalue weighted by Gasteiger charge is -2.19. The molecule has 1 heterocycles. The van der Waals surface area contributed by atoms with Gasteiger partial charge in [0, 0.05) is 15.2 Å². The van der Waals surface area contributed by atoms with Crippen molar-refractivity contribution in [3.63, 3.8) is 0 Å². The second kappa shape index (κ2) is 5.94. The van der Waals surface area contributed by atoms with E-state index >= 15 is 0 Å². The molecule has 118 valence electrons. The van der Waals surface area contributed by atoms with Gasteiger partial charge in [0.25, 0.3) is 5.91 Å². The lowest BCUT2D eigenvalue weighted by Crippen LogP contribution is -2.29. The van der Waals surface area contributed by atoms with Gasteiger partial charge >= 0.3 is 7.12 Å². The first-order chi connectivity index (χ1) is 10.8. The molecule has 0 aliphatic carbocycles. The molecule has 0 atom stereocenters. The zero-order valence-electron chi connectivity index (χ0n) is 12.6. The third kappa shape index (κ3) is 3.17. The highest BCUT2D eigenvalue weighted by molar-refractivity contribution is 9.10. The number of benzene rings is 2. The Morgan fingerprint density at radius 1 is 1.30 bits per heavy atom. The number of anilines is 1. The van der Waals surface area contributed by atoms with Crippen LogP contribution in [0, 0.1) is 0 Å². The number of carbonyl (C=O) groups excluding carboxylic acids is 1. The van der Waals surface area contributed by atoms with Crippen molar-refractivity contribution in [1.82, 2.24) is 0 Å². The van der Waals surface area contributed by atoms with Crippen LogP contribution in [0.15, 0.2) is 40.9 Å². The predicted molar refractivity (Wildman–Crippen MR) is 95.3 cm³/mol. The number of rotatable bonds is 2. The summed E-state index contributed by atoms with van der Waals surface area (Å²) in [6.07, 6.45) is 0. The van der Waals surface area contributed by atoms with E-state index in [-0.39, 0.29) is 5.91 Å². The van der Waals surface area contributed by atoms with Crippen LogP contribution in [-0.4, -0.2) is 18.0 Å². The Hall–Kier alpha value is -1.34. The Bertz CT molecular complexity index is 797. The van der Waals surface area contributed by atoms with Crippen LogP contribution in [0.1, 0.15) is 29.8 Å². The maximum atomic E-state index is 12.4.